The summed E-state index contributed by atoms with van der Waals surface area (Å²) >= 11 is 0. The lowest BCUT2D eigenvalue weighted by molar-refractivity contribution is -0.122. The van der Waals surface area contributed by atoms with E-state index >= 15 is 0 Å². The molecule has 2 rings (SSSR count). The summed E-state index contributed by atoms with van der Waals surface area (Å²) in [6.45, 7) is 4.16. The predicted octanol–water partition coefficient (Wildman–Crippen LogP) is 2.13. The highest BCUT2D eigenvalue weighted by molar-refractivity contribution is 5.97. The van der Waals surface area contributed by atoms with Gasteiger partial charge in [-0.2, -0.15) is 0 Å². The summed E-state index contributed by atoms with van der Waals surface area (Å²) < 4.78 is 4.87. The summed E-state index contributed by atoms with van der Waals surface area (Å²) in [6.07, 6.45) is 2.77. The molecule has 1 aromatic carbocycles. The minimum absolute atomic E-state index is 0.0568. The van der Waals surface area contributed by atoms with Crippen LogP contribution in [0.3, 0.4) is 0 Å². The van der Waals surface area contributed by atoms with Crippen LogP contribution in [-0.4, -0.2) is 43.4 Å². The number of amides is 2. The number of benzene rings is 1. The minimum Gasteiger partial charge on any atom is -0.472 e. The standard InChI is InChI=1S/C19H25N3O3/c1-13-5-7-15(8-6-13)17(22(3)4)11-20-18(23)14(2)21-19(24)16-9-10-25-12-16/h5-10,12,14,17H,11H2,1-4H3,(H,20,23)(H,21,24)/t14-,17-/m1/s1. The van der Waals surface area contributed by atoms with Crippen molar-refractivity contribution in [2.24, 2.45) is 0 Å². The van der Waals surface area contributed by atoms with Crippen molar-refractivity contribution in [3.05, 3.63) is 59.5 Å². The Morgan fingerprint density at radius 2 is 1.84 bits per heavy atom. The van der Waals surface area contributed by atoms with Crippen LogP contribution in [0.2, 0.25) is 0 Å². The quantitative estimate of drug-likeness (QED) is 0.808. The van der Waals surface area contributed by atoms with E-state index in [1.165, 1.54) is 18.1 Å². The molecule has 2 aromatic rings. The zero-order valence-electron chi connectivity index (χ0n) is 15.1. The number of nitrogens with zero attached hydrogens (tertiary/aromatic N) is 1. The van der Waals surface area contributed by atoms with Gasteiger partial charge >= 0.3 is 0 Å². The minimum atomic E-state index is -0.636. The van der Waals surface area contributed by atoms with Gasteiger partial charge in [0, 0.05) is 6.54 Å². The van der Waals surface area contributed by atoms with E-state index in [0.29, 0.717) is 12.1 Å². The van der Waals surface area contributed by atoms with Gasteiger partial charge in [-0.15, -0.1) is 0 Å². The van der Waals surface area contributed by atoms with Gasteiger partial charge in [-0.1, -0.05) is 29.8 Å². The third-order valence-electron chi connectivity index (χ3n) is 4.08. The maximum Gasteiger partial charge on any atom is 0.255 e. The topological polar surface area (TPSA) is 74.6 Å². The monoisotopic (exact) mass is 343 g/mol. The molecule has 0 spiro atoms. The van der Waals surface area contributed by atoms with E-state index in [1.54, 1.807) is 13.0 Å². The van der Waals surface area contributed by atoms with E-state index in [1.807, 2.05) is 21.0 Å². The SMILES string of the molecule is Cc1ccc([C@@H](CNC(=O)[C@@H](C)NC(=O)c2ccoc2)N(C)C)cc1. The summed E-state index contributed by atoms with van der Waals surface area (Å²) in [4.78, 5) is 26.3. The first-order chi connectivity index (χ1) is 11.9. The van der Waals surface area contributed by atoms with Crippen molar-refractivity contribution < 1.29 is 14.0 Å². The normalized spacial score (nSPS) is 13.3. The first kappa shape index (κ1) is 18.7. The van der Waals surface area contributed by atoms with Crippen LogP contribution >= 0.6 is 0 Å². The summed E-state index contributed by atoms with van der Waals surface area (Å²) in [5, 5.41) is 5.57. The molecule has 6 heteroatoms. The molecular formula is C19H25N3O3. The van der Waals surface area contributed by atoms with Crippen molar-refractivity contribution in [1.82, 2.24) is 15.5 Å². The number of carbonyl (C=O) groups excluding carboxylic acids is 2. The Bertz CT molecular complexity index is 693. The molecular weight excluding hydrogens is 318 g/mol. The molecule has 0 aliphatic heterocycles. The van der Waals surface area contributed by atoms with Gasteiger partial charge < -0.3 is 20.0 Å². The van der Waals surface area contributed by atoms with Gasteiger partial charge in [-0.25, -0.2) is 0 Å². The van der Waals surface area contributed by atoms with Crippen molar-refractivity contribution in [3.63, 3.8) is 0 Å². The Balaban J connectivity index is 1.92. The Kier molecular flexibility index (Phi) is 6.36. The number of hydrogen-bond donors (Lipinski definition) is 2. The molecule has 2 N–H and O–H groups in total. The molecule has 0 aliphatic rings. The molecule has 2 atom stereocenters. The highest BCUT2D eigenvalue weighted by atomic mass is 16.3. The maximum absolute atomic E-state index is 12.3. The van der Waals surface area contributed by atoms with Gasteiger partial charge in [0.2, 0.25) is 5.91 Å². The second-order valence-corrected chi connectivity index (χ2v) is 6.34. The number of furan rings is 1. The fourth-order valence-electron chi connectivity index (χ4n) is 2.48. The van der Waals surface area contributed by atoms with E-state index < -0.39 is 6.04 Å². The average molecular weight is 343 g/mol. The van der Waals surface area contributed by atoms with Gasteiger partial charge in [-0.3, -0.25) is 9.59 Å². The summed E-state index contributed by atoms with van der Waals surface area (Å²) in [6, 6.07) is 9.22. The lowest BCUT2D eigenvalue weighted by Gasteiger charge is -2.26. The lowest BCUT2D eigenvalue weighted by atomic mass is 10.0. The second kappa shape index (κ2) is 8.48. The average Bonchev–Trinajstić information content (AvgIpc) is 3.10. The van der Waals surface area contributed by atoms with Crippen molar-refractivity contribution in [3.8, 4) is 0 Å². The highest BCUT2D eigenvalue weighted by Gasteiger charge is 2.20. The largest absolute Gasteiger partial charge is 0.472 e. The second-order valence-electron chi connectivity index (χ2n) is 6.34. The van der Waals surface area contributed by atoms with Gasteiger partial charge in [0.25, 0.3) is 5.91 Å². The van der Waals surface area contributed by atoms with Crippen molar-refractivity contribution in [1.29, 1.82) is 0 Å². The molecule has 0 bridgehead atoms. The molecule has 25 heavy (non-hydrogen) atoms. The zero-order valence-corrected chi connectivity index (χ0v) is 15.1. The van der Waals surface area contributed by atoms with E-state index in [2.05, 4.69) is 39.8 Å². The molecule has 0 radical (unpaired) electrons. The third kappa shape index (κ3) is 5.19. The first-order valence-electron chi connectivity index (χ1n) is 8.22. The van der Waals surface area contributed by atoms with E-state index in [-0.39, 0.29) is 17.9 Å². The molecule has 134 valence electrons. The molecule has 0 saturated carbocycles. The van der Waals surface area contributed by atoms with Crippen LogP contribution in [0.25, 0.3) is 0 Å². The number of likely N-dealkylation sites (N-methyl/N-ethyl adjacent to an activating group) is 1. The van der Waals surface area contributed by atoms with Crippen LogP contribution in [0, 0.1) is 6.92 Å². The molecule has 1 heterocycles. The number of aryl methyl sites for hydroxylation is 1. The summed E-state index contributed by atoms with van der Waals surface area (Å²) in [5.74, 6) is -0.560. The highest BCUT2D eigenvalue weighted by Crippen LogP contribution is 2.17. The van der Waals surface area contributed by atoms with Gasteiger partial charge in [-0.05, 0) is 39.6 Å². The van der Waals surface area contributed by atoms with Crippen LogP contribution in [0.1, 0.15) is 34.5 Å². The smallest absolute Gasteiger partial charge is 0.255 e. The van der Waals surface area contributed by atoms with E-state index in [9.17, 15) is 9.59 Å². The fraction of sp³-hybridized carbons (Fsp3) is 0.368. The molecule has 0 saturated heterocycles. The Labute approximate surface area is 148 Å². The Hall–Kier alpha value is -2.60. The molecule has 6 nitrogen and oxygen atoms in total. The van der Waals surface area contributed by atoms with Crippen LogP contribution in [0.15, 0.2) is 47.3 Å². The van der Waals surface area contributed by atoms with Crippen molar-refractivity contribution in [2.75, 3.05) is 20.6 Å². The Morgan fingerprint density at radius 3 is 2.40 bits per heavy atom. The molecule has 0 aliphatic carbocycles. The lowest BCUT2D eigenvalue weighted by Crippen LogP contribution is -2.46. The molecule has 2 amide bonds. The number of nitrogens with one attached hydrogen (secondary N) is 2. The van der Waals surface area contributed by atoms with E-state index in [4.69, 9.17) is 4.42 Å². The van der Waals surface area contributed by atoms with Gasteiger partial charge in [0.1, 0.15) is 12.3 Å². The Morgan fingerprint density at radius 1 is 1.16 bits per heavy atom. The number of hydrogen-bond acceptors (Lipinski definition) is 4. The maximum atomic E-state index is 12.3. The van der Waals surface area contributed by atoms with Crippen molar-refractivity contribution in [2.45, 2.75) is 25.9 Å². The summed E-state index contributed by atoms with van der Waals surface area (Å²) in [5.41, 5.74) is 2.72. The molecule has 1 aromatic heterocycles. The first-order valence-corrected chi connectivity index (χ1v) is 8.22. The van der Waals surface area contributed by atoms with Crippen molar-refractivity contribution >= 4 is 11.8 Å². The molecule has 0 unspecified atom stereocenters. The van der Waals surface area contributed by atoms with Crippen LogP contribution in [0.5, 0.6) is 0 Å². The predicted molar refractivity (Wildman–Crippen MR) is 96.3 cm³/mol. The summed E-state index contributed by atoms with van der Waals surface area (Å²) in [7, 11) is 3.95. The number of carbonyl (C=O) groups is 2. The van der Waals surface area contributed by atoms with Gasteiger partial charge in [0.15, 0.2) is 0 Å². The van der Waals surface area contributed by atoms with Crippen LogP contribution in [0.4, 0.5) is 0 Å². The molecule has 0 fully saturated rings. The van der Waals surface area contributed by atoms with Crippen LogP contribution < -0.4 is 10.6 Å². The van der Waals surface area contributed by atoms with Gasteiger partial charge in [0.05, 0.1) is 17.9 Å². The fourth-order valence-corrected chi connectivity index (χ4v) is 2.48. The van der Waals surface area contributed by atoms with Crippen LogP contribution in [-0.2, 0) is 4.79 Å². The third-order valence-corrected chi connectivity index (χ3v) is 4.08. The van der Waals surface area contributed by atoms with E-state index in [0.717, 1.165) is 5.56 Å². The zero-order chi connectivity index (χ0) is 18.4. The number of rotatable bonds is 7.